The summed E-state index contributed by atoms with van der Waals surface area (Å²) in [6.45, 7) is 5.60. The summed E-state index contributed by atoms with van der Waals surface area (Å²) in [6.07, 6.45) is 0. The summed E-state index contributed by atoms with van der Waals surface area (Å²) in [7, 11) is 1.35. The predicted octanol–water partition coefficient (Wildman–Crippen LogP) is 1.89. The highest BCUT2D eigenvalue weighted by Crippen LogP contribution is 2.22. The van der Waals surface area contributed by atoms with Crippen molar-refractivity contribution in [2.45, 2.75) is 26.7 Å². The molecule has 0 atom stereocenters. The van der Waals surface area contributed by atoms with Crippen molar-refractivity contribution in [3.63, 3.8) is 0 Å². The minimum Gasteiger partial charge on any atom is -0.465 e. The summed E-state index contributed by atoms with van der Waals surface area (Å²) in [5.41, 5.74) is 1.04. The Morgan fingerprint density at radius 3 is 2.62 bits per heavy atom. The molecule has 1 aromatic rings. The van der Waals surface area contributed by atoms with E-state index in [1.54, 1.807) is 6.92 Å². The number of esters is 1. The monoisotopic (exact) mass is 183 g/mol. The molecule has 72 valence electrons. The second-order valence-corrected chi connectivity index (χ2v) is 3.15. The van der Waals surface area contributed by atoms with Gasteiger partial charge in [-0.1, -0.05) is 19.0 Å². The van der Waals surface area contributed by atoms with Gasteiger partial charge in [-0.15, -0.1) is 0 Å². The van der Waals surface area contributed by atoms with E-state index < -0.39 is 0 Å². The fraction of sp³-hybridized carbons (Fsp3) is 0.556. The number of ether oxygens (including phenoxy) is 1. The second-order valence-electron chi connectivity index (χ2n) is 3.15. The molecule has 0 bridgehead atoms. The van der Waals surface area contributed by atoms with E-state index in [1.807, 2.05) is 13.8 Å². The maximum Gasteiger partial charge on any atom is 0.343 e. The van der Waals surface area contributed by atoms with E-state index in [-0.39, 0.29) is 11.9 Å². The zero-order valence-electron chi connectivity index (χ0n) is 8.25. The Kier molecular flexibility index (Phi) is 2.70. The number of aryl methyl sites for hydroxylation is 1. The molecule has 0 unspecified atom stereocenters. The summed E-state index contributed by atoms with van der Waals surface area (Å²) in [5, 5.41) is 3.73. The molecule has 0 fully saturated rings. The largest absolute Gasteiger partial charge is 0.465 e. The highest BCUT2D eigenvalue weighted by molar-refractivity contribution is 5.91. The summed E-state index contributed by atoms with van der Waals surface area (Å²) >= 11 is 0. The van der Waals surface area contributed by atoms with Crippen LogP contribution in [0.5, 0.6) is 0 Å². The fourth-order valence-electron chi connectivity index (χ4n) is 1.13. The average Bonchev–Trinajstić information content (AvgIpc) is 2.46. The molecule has 0 aliphatic carbocycles. The van der Waals surface area contributed by atoms with Crippen LogP contribution in [0.15, 0.2) is 4.52 Å². The first-order valence-corrected chi connectivity index (χ1v) is 4.12. The van der Waals surface area contributed by atoms with Crippen LogP contribution < -0.4 is 0 Å². The lowest BCUT2D eigenvalue weighted by Gasteiger charge is -2.02. The molecule has 4 heteroatoms. The van der Waals surface area contributed by atoms with E-state index >= 15 is 0 Å². The molecule has 1 rings (SSSR count). The van der Waals surface area contributed by atoms with Crippen molar-refractivity contribution in [1.29, 1.82) is 0 Å². The lowest BCUT2D eigenvalue weighted by molar-refractivity contribution is 0.0597. The first kappa shape index (κ1) is 9.77. The molecule has 0 aliphatic heterocycles. The SMILES string of the molecule is COC(=O)c1c(C)noc1C(C)C. The minimum absolute atomic E-state index is 0.135. The number of carbonyl (C=O) groups excluding carboxylic acids is 1. The minimum atomic E-state index is -0.387. The number of rotatable bonds is 2. The first-order chi connectivity index (χ1) is 6.07. The lowest BCUT2D eigenvalue weighted by atomic mass is 10.1. The highest BCUT2D eigenvalue weighted by Gasteiger charge is 2.22. The quantitative estimate of drug-likeness (QED) is 0.657. The molecule has 0 spiro atoms. The van der Waals surface area contributed by atoms with E-state index in [9.17, 15) is 4.79 Å². The highest BCUT2D eigenvalue weighted by atomic mass is 16.5. The van der Waals surface area contributed by atoms with Crippen LogP contribution in [0.3, 0.4) is 0 Å². The van der Waals surface area contributed by atoms with Crippen molar-refractivity contribution in [1.82, 2.24) is 5.16 Å². The number of aromatic nitrogens is 1. The van der Waals surface area contributed by atoms with Gasteiger partial charge in [0.25, 0.3) is 0 Å². The molecule has 0 saturated carbocycles. The van der Waals surface area contributed by atoms with E-state index in [2.05, 4.69) is 9.89 Å². The van der Waals surface area contributed by atoms with Gasteiger partial charge in [-0.25, -0.2) is 4.79 Å². The van der Waals surface area contributed by atoms with Gasteiger partial charge in [-0.3, -0.25) is 0 Å². The molecule has 4 nitrogen and oxygen atoms in total. The van der Waals surface area contributed by atoms with Crippen LogP contribution >= 0.6 is 0 Å². The number of carbonyl (C=O) groups is 1. The van der Waals surface area contributed by atoms with Gasteiger partial charge < -0.3 is 9.26 Å². The normalized spacial score (nSPS) is 10.5. The third-order valence-corrected chi connectivity index (χ3v) is 1.80. The molecule has 0 aliphatic rings. The Morgan fingerprint density at radius 1 is 1.54 bits per heavy atom. The molecule has 0 amide bonds. The van der Waals surface area contributed by atoms with Crippen LogP contribution in [-0.2, 0) is 4.74 Å². The topological polar surface area (TPSA) is 52.3 Å². The van der Waals surface area contributed by atoms with Crippen LogP contribution in [0, 0.1) is 6.92 Å². The summed E-state index contributed by atoms with van der Waals surface area (Å²) in [4.78, 5) is 11.3. The van der Waals surface area contributed by atoms with Crippen molar-refractivity contribution < 1.29 is 14.1 Å². The zero-order valence-corrected chi connectivity index (χ0v) is 8.25. The number of hydrogen-bond donors (Lipinski definition) is 0. The first-order valence-electron chi connectivity index (χ1n) is 4.12. The molecular weight excluding hydrogens is 170 g/mol. The smallest absolute Gasteiger partial charge is 0.343 e. The van der Waals surface area contributed by atoms with Gasteiger partial charge in [0.05, 0.1) is 12.8 Å². The molecule has 0 saturated heterocycles. The summed E-state index contributed by atoms with van der Waals surface area (Å²) in [6, 6.07) is 0. The molecule has 1 heterocycles. The molecule has 13 heavy (non-hydrogen) atoms. The van der Waals surface area contributed by atoms with E-state index in [4.69, 9.17) is 4.52 Å². The lowest BCUT2D eigenvalue weighted by Crippen LogP contribution is -2.05. The van der Waals surface area contributed by atoms with E-state index in [0.717, 1.165) is 0 Å². The van der Waals surface area contributed by atoms with Crippen molar-refractivity contribution in [2.75, 3.05) is 7.11 Å². The summed E-state index contributed by atoms with van der Waals surface area (Å²) < 4.78 is 9.66. The average molecular weight is 183 g/mol. The van der Waals surface area contributed by atoms with Gasteiger partial charge in [0.2, 0.25) is 0 Å². The van der Waals surface area contributed by atoms with Crippen LogP contribution in [0.4, 0.5) is 0 Å². The van der Waals surface area contributed by atoms with Crippen LogP contribution in [0.1, 0.15) is 41.6 Å². The molecule has 1 aromatic heterocycles. The van der Waals surface area contributed by atoms with E-state index in [0.29, 0.717) is 17.0 Å². The third-order valence-electron chi connectivity index (χ3n) is 1.80. The van der Waals surface area contributed by atoms with Gasteiger partial charge >= 0.3 is 5.97 Å². The van der Waals surface area contributed by atoms with Crippen molar-refractivity contribution in [3.8, 4) is 0 Å². The Morgan fingerprint density at radius 2 is 2.15 bits per heavy atom. The van der Waals surface area contributed by atoms with Crippen molar-refractivity contribution in [2.24, 2.45) is 0 Å². The van der Waals surface area contributed by atoms with Crippen LogP contribution in [0.25, 0.3) is 0 Å². The molecular formula is C9H13NO3. The number of nitrogens with zero attached hydrogens (tertiary/aromatic N) is 1. The van der Waals surface area contributed by atoms with Crippen molar-refractivity contribution >= 4 is 5.97 Å². The Hall–Kier alpha value is -1.32. The summed E-state index contributed by atoms with van der Waals surface area (Å²) in [5.74, 6) is 0.335. The maximum atomic E-state index is 11.3. The van der Waals surface area contributed by atoms with Crippen LogP contribution in [-0.4, -0.2) is 18.2 Å². The van der Waals surface area contributed by atoms with Gasteiger partial charge in [0, 0.05) is 5.92 Å². The van der Waals surface area contributed by atoms with Gasteiger partial charge in [0.15, 0.2) is 5.76 Å². The molecule has 0 aromatic carbocycles. The predicted molar refractivity (Wildman–Crippen MR) is 46.7 cm³/mol. The Balaban J connectivity index is 3.16. The van der Waals surface area contributed by atoms with Crippen molar-refractivity contribution in [3.05, 3.63) is 17.0 Å². The maximum absolute atomic E-state index is 11.3. The third kappa shape index (κ3) is 1.71. The molecule has 0 radical (unpaired) electrons. The van der Waals surface area contributed by atoms with Gasteiger partial charge in [-0.05, 0) is 6.92 Å². The number of hydrogen-bond acceptors (Lipinski definition) is 4. The molecule has 0 N–H and O–H groups in total. The zero-order chi connectivity index (χ0) is 10.0. The second kappa shape index (κ2) is 3.60. The fourth-order valence-corrected chi connectivity index (χ4v) is 1.13. The standard InChI is InChI=1S/C9H13NO3/c1-5(2)8-7(9(11)12-4)6(3)10-13-8/h5H,1-4H3. The Labute approximate surface area is 76.9 Å². The van der Waals surface area contributed by atoms with Gasteiger partial charge in [-0.2, -0.15) is 0 Å². The number of methoxy groups -OCH3 is 1. The van der Waals surface area contributed by atoms with Crippen LogP contribution in [0.2, 0.25) is 0 Å². The Bertz CT molecular complexity index is 315. The van der Waals surface area contributed by atoms with Gasteiger partial charge in [0.1, 0.15) is 5.56 Å². The van der Waals surface area contributed by atoms with E-state index in [1.165, 1.54) is 7.11 Å².